The number of pyridine rings is 1. The number of hydrogen-bond acceptors (Lipinski definition) is 3. The van der Waals surface area contributed by atoms with Crippen molar-refractivity contribution in [2.75, 3.05) is 11.9 Å². The molecule has 3 aromatic rings. The molecule has 1 unspecified atom stereocenters. The predicted molar refractivity (Wildman–Crippen MR) is 131 cm³/mol. The van der Waals surface area contributed by atoms with E-state index in [1.54, 1.807) is 0 Å². The highest BCUT2D eigenvalue weighted by atomic mass is 32.1. The molecular weight excluding hydrogens is 402 g/mol. The average molecular weight is 434 g/mol. The van der Waals surface area contributed by atoms with Gasteiger partial charge in [-0.25, -0.2) is 5.06 Å². The van der Waals surface area contributed by atoms with Crippen molar-refractivity contribution in [3.05, 3.63) is 96.3 Å². The van der Waals surface area contributed by atoms with Gasteiger partial charge in [0.2, 0.25) is 0 Å². The highest BCUT2D eigenvalue weighted by Gasteiger charge is 2.13. The van der Waals surface area contributed by atoms with Crippen molar-refractivity contribution in [1.82, 2.24) is 10.0 Å². The van der Waals surface area contributed by atoms with Crippen LogP contribution in [0.1, 0.15) is 55.6 Å². The SMILES string of the molecule is ON(CCCCCCCC(c1ccccc1)c1cccnc1)C(=S)Nc1ccccc1. The number of thiocarbonyl (C=S) groups is 1. The van der Waals surface area contributed by atoms with Crippen LogP contribution in [0.4, 0.5) is 5.69 Å². The molecule has 0 bridgehead atoms. The lowest BCUT2D eigenvalue weighted by Crippen LogP contribution is -2.32. The molecule has 1 atom stereocenters. The third-order valence-electron chi connectivity index (χ3n) is 5.41. The van der Waals surface area contributed by atoms with Gasteiger partial charge < -0.3 is 5.32 Å². The molecule has 1 heterocycles. The fourth-order valence-corrected chi connectivity index (χ4v) is 3.95. The summed E-state index contributed by atoms with van der Waals surface area (Å²) in [5.74, 6) is 0.393. The quantitative estimate of drug-likeness (QED) is 0.202. The van der Waals surface area contributed by atoms with E-state index in [2.05, 4.69) is 46.7 Å². The zero-order valence-electron chi connectivity index (χ0n) is 17.9. The first kappa shape index (κ1) is 22.9. The lowest BCUT2D eigenvalue weighted by atomic mass is 9.87. The number of anilines is 1. The number of nitrogens with one attached hydrogen (secondary N) is 1. The van der Waals surface area contributed by atoms with Crippen LogP contribution in [-0.2, 0) is 0 Å². The Bertz CT molecular complexity index is 851. The monoisotopic (exact) mass is 433 g/mol. The van der Waals surface area contributed by atoms with E-state index in [1.165, 1.54) is 24.0 Å². The van der Waals surface area contributed by atoms with Crippen LogP contribution in [-0.4, -0.2) is 26.9 Å². The number of unbranched alkanes of at least 4 members (excludes halogenated alkanes) is 4. The van der Waals surface area contributed by atoms with E-state index in [0.29, 0.717) is 17.6 Å². The maximum atomic E-state index is 10.1. The van der Waals surface area contributed by atoms with Crippen molar-refractivity contribution in [1.29, 1.82) is 0 Å². The van der Waals surface area contributed by atoms with E-state index in [9.17, 15) is 5.21 Å². The first-order valence-electron chi connectivity index (χ1n) is 11.0. The Kier molecular flexibility index (Phi) is 9.48. The van der Waals surface area contributed by atoms with Crippen molar-refractivity contribution >= 4 is 23.0 Å². The molecule has 0 aliphatic carbocycles. The van der Waals surface area contributed by atoms with Gasteiger partial charge in [0.1, 0.15) is 0 Å². The van der Waals surface area contributed by atoms with E-state index >= 15 is 0 Å². The maximum Gasteiger partial charge on any atom is 0.197 e. The molecule has 5 heteroatoms. The Hall–Kier alpha value is -2.76. The molecule has 0 fully saturated rings. The van der Waals surface area contributed by atoms with Gasteiger partial charge in [-0.1, -0.05) is 80.3 Å². The van der Waals surface area contributed by atoms with Crippen LogP contribution in [0, 0.1) is 0 Å². The van der Waals surface area contributed by atoms with Crippen LogP contribution in [0.15, 0.2) is 85.2 Å². The molecule has 2 N–H and O–H groups in total. The fourth-order valence-electron chi connectivity index (χ4n) is 3.74. The summed E-state index contributed by atoms with van der Waals surface area (Å²) in [6, 6.07) is 24.6. The minimum absolute atomic E-state index is 0.341. The number of hydroxylamine groups is 2. The van der Waals surface area contributed by atoms with Gasteiger partial charge in [-0.2, -0.15) is 0 Å². The summed E-state index contributed by atoms with van der Waals surface area (Å²) in [5.41, 5.74) is 3.52. The van der Waals surface area contributed by atoms with Crippen LogP contribution < -0.4 is 5.32 Å². The first-order chi connectivity index (χ1) is 15.2. The molecule has 162 valence electrons. The summed E-state index contributed by atoms with van der Waals surface area (Å²) < 4.78 is 0. The third-order valence-corrected chi connectivity index (χ3v) is 5.72. The molecule has 2 aromatic carbocycles. The van der Waals surface area contributed by atoms with Crippen LogP contribution >= 0.6 is 12.2 Å². The Morgan fingerprint density at radius 2 is 1.48 bits per heavy atom. The number of aromatic nitrogens is 1. The molecule has 0 radical (unpaired) electrons. The molecule has 0 spiro atoms. The van der Waals surface area contributed by atoms with Gasteiger partial charge in [0.15, 0.2) is 5.11 Å². The smallest absolute Gasteiger partial charge is 0.197 e. The first-order valence-corrected chi connectivity index (χ1v) is 11.4. The van der Waals surface area contributed by atoms with Crippen LogP contribution in [0.2, 0.25) is 0 Å². The predicted octanol–water partition coefficient (Wildman–Crippen LogP) is 6.64. The summed E-state index contributed by atoms with van der Waals surface area (Å²) in [7, 11) is 0. The molecule has 0 saturated heterocycles. The Morgan fingerprint density at radius 3 is 2.19 bits per heavy atom. The summed E-state index contributed by atoms with van der Waals surface area (Å²) in [6.45, 7) is 0.543. The number of rotatable bonds is 11. The average Bonchev–Trinajstić information content (AvgIpc) is 2.82. The Morgan fingerprint density at radius 1 is 0.839 bits per heavy atom. The van der Waals surface area contributed by atoms with Gasteiger partial charge in [0.25, 0.3) is 0 Å². The second-order valence-corrected chi connectivity index (χ2v) is 8.11. The van der Waals surface area contributed by atoms with Crippen molar-refractivity contribution in [2.24, 2.45) is 0 Å². The minimum atomic E-state index is 0.341. The number of hydrogen-bond donors (Lipinski definition) is 2. The van der Waals surface area contributed by atoms with E-state index in [-0.39, 0.29) is 0 Å². The van der Waals surface area contributed by atoms with Gasteiger partial charge in [0, 0.05) is 30.5 Å². The molecule has 31 heavy (non-hydrogen) atoms. The largest absolute Gasteiger partial charge is 0.331 e. The van der Waals surface area contributed by atoms with Crippen molar-refractivity contribution in [2.45, 2.75) is 44.4 Å². The summed E-state index contributed by atoms with van der Waals surface area (Å²) >= 11 is 5.26. The second-order valence-electron chi connectivity index (χ2n) is 7.73. The zero-order valence-corrected chi connectivity index (χ0v) is 18.7. The fraction of sp³-hybridized carbons (Fsp3) is 0.308. The summed E-state index contributed by atoms with van der Waals surface area (Å²) in [4.78, 5) is 4.31. The van der Waals surface area contributed by atoms with Crippen molar-refractivity contribution in [3.8, 4) is 0 Å². The zero-order chi connectivity index (χ0) is 21.7. The summed E-state index contributed by atoms with van der Waals surface area (Å²) in [5, 5.41) is 14.7. The second kappa shape index (κ2) is 12.8. The highest BCUT2D eigenvalue weighted by molar-refractivity contribution is 7.80. The third kappa shape index (κ3) is 7.78. The molecule has 0 aliphatic rings. The normalized spacial score (nSPS) is 11.6. The molecule has 4 nitrogen and oxygen atoms in total. The molecular formula is C26H31N3OS. The van der Waals surface area contributed by atoms with E-state index in [0.717, 1.165) is 36.4 Å². The number of benzene rings is 2. The standard InChI is InChI=1S/C26H31N3OS/c30-29(26(31)28-24-16-8-5-9-17-24)20-11-3-1-2-10-18-25(22-13-6-4-7-14-22)23-15-12-19-27-21-23/h4-9,12-17,19,21,25,30H,1-3,10-11,18,20H2,(H,28,31). The van der Waals surface area contributed by atoms with Gasteiger partial charge in [0.05, 0.1) is 0 Å². The maximum absolute atomic E-state index is 10.1. The lowest BCUT2D eigenvalue weighted by molar-refractivity contribution is -0.0128. The summed E-state index contributed by atoms with van der Waals surface area (Å²) in [6.07, 6.45) is 10.4. The van der Waals surface area contributed by atoms with Crippen LogP contribution in [0.3, 0.4) is 0 Å². The lowest BCUT2D eigenvalue weighted by Gasteiger charge is -2.19. The van der Waals surface area contributed by atoms with E-state index in [1.807, 2.05) is 48.8 Å². The molecule has 0 amide bonds. The van der Waals surface area contributed by atoms with Gasteiger partial charge in [-0.05, 0) is 54.4 Å². The molecule has 1 aromatic heterocycles. The topological polar surface area (TPSA) is 48.4 Å². The Labute approximate surface area is 190 Å². The number of nitrogens with zero attached hydrogens (tertiary/aromatic N) is 2. The molecule has 0 aliphatic heterocycles. The van der Waals surface area contributed by atoms with Crippen LogP contribution in [0.25, 0.3) is 0 Å². The Balaban J connectivity index is 1.35. The van der Waals surface area contributed by atoms with Gasteiger partial charge >= 0.3 is 0 Å². The van der Waals surface area contributed by atoms with Gasteiger partial charge in [-0.15, -0.1) is 0 Å². The molecule has 3 rings (SSSR count). The van der Waals surface area contributed by atoms with Crippen molar-refractivity contribution in [3.63, 3.8) is 0 Å². The van der Waals surface area contributed by atoms with E-state index < -0.39 is 0 Å². The minimum Gasteiger partial charge on any atom is -0.331 e. The molecule has 0 saturated carbocycles. The van der Waals surface area contributed by atoms with Crippen LogP contribution in [0.5, 0.6) is 0 Å². The van der Waals surface area contributed by atoms with Crippen molar-refractivity contribution < 1.29 is 5.21 Å². The highest BCUT2D eigenvalue weighted by Crippen LogP contribution is 2.29. The van der Waals surface area contributed by atoms with E-state index in [4.69, 9.17) is 12.2 Å². The van der Waals surface area contributed by atoms with Gasteiger partial charge in [-0.3, -0.25) is 10.2 Å². The number of para-hydroxylation sites is 1.